The van der Waals surface area contributed by atoms with Gasteiger partial charge in [-0.25, -0.2) is 4.39 Å². The molecule has 0 unspecified atom stereocenters. The third-order valence-electron chi connectivity index (χ3n) is 2.37. The Kier molecular flexibility index (Phi) is 3.27. The first-order valence-corrected chi connectivity index (χ1v) is 5.31. The van der Waals surface area contributed by atoms with E-state index >= 15 is 0 Å². The summed E-state index contributed by atoms with van der Waals surface area (Å²) in [7, 11) is 0. The maximum atomic E-state index is 13.0. The maximum Gasteiger partial charge on any atom is 0.253 e. The summed E-state index contributed by atoms with van der Waals surface area (Å²) in [5.41, 5.74) is 6.53. The van der Waals surface area contributed by atoms with Crippen LogP contribution in [-0.2, 0) is 6.54 Å². The Hall–Kier alpha value is -2.37. The van der Waals surface area contributed by atoms with E-state index < -0.39 is 11.7 Å². The van der Waals surface area contributed by atoms with Crippen molar-refractivity contribution in [2.75, 3.05) is 5.73 Å². The number of aromatic nitrogens is 1. The summed E-state index contributed by atoms with van der Waals surface area (Å²) in [6, 6.07) is 5.35. The summed E-state index contributed by atoms with van der Waals surface area (Å²) in [6.45, 7) is 1.95. The molecule has 0 atom stereocenters. The van der Waals surface area contributed by atoms with Gasteiger partial charge in [-0.3, -0.25) is 4.79 Å². The van der Waals surface area contributed by atoms with Gasteiger partial charge in [0.15, 0.2) is 0 Å². The highest BCUT2D eigenvalue weighted by Gasteiger charge is 2.11. The Morgan fingerprint density at radius 2 is 2.28 bits per heavy atom. The lowest BCUT2D eigenvalue weighted by Gasteiger charge is -2.05. The van der Waals surface area contributed by atoms with Crippen LogP contribution in [0.25, 0.3) is 0 Å². The van der Waals surface area contributed by atoms with Gasteiger partial charge in [-0.15, -0.1) is 0 Å². The Bertz CT molecular complexity index is 580. The SMILES string of the molecule is Cc1cc(CNC(=O)c2cc(F)ccc2N)no1. The van der Waals surface area contributed by atoms with Crippen LogP contribution in [0.3, 0.4) is 0 Å². The molecule has 0 aliphatic rings. The number of nitrogens with one attached hydrogen (secondary N) is 1. The number of nitrogen functional groups attached to an aromatic ring is 1. The topological polar surface area (TPSA) is 81.2 Å². The Balaban J connectivity index is 2.05. The minimum absolute atomic E-state index is 0.107. The molecule has 5 nitrogen and oxygen atoms in total. The predicted octanol–water partition coefficient (Wildman–Crippen LogP) is 1.63. The minimum Gasteiger partial charge on any atom is -0.398 e. The van der Waals surface area contributed by atoms with E-state index in [0.29, 0.717) is 11.5 Å². The van der Waals surface area contributed by atoms with Gasteiger partial charge < -0.3 is 15.6 Å². The molecule has 0 fully saturated rings. The van der Waals surface area contributed by atoms with Crippen molar-refractivity contribution >= 4 is 11.6 Å². The Morgan fingerprint density at radius 1 is 1.50 bits per heavy atom. The number of benzene rings is 1. The highest BCUT2D eigenvalue weighted by Crippen LogP contribution is 2.13. The molecule has 1 amide bonds. The first-order valence-electron chi connectivity index (χ1n) is 5.31. The van der Waals surface area contributed by atoms with E-state index in [1.54, 1.807) is 13.0 Å². The highest BCUT2D eigenvalue weighted by atomic mass is 19.1. The number of anilines is 1. The summed E-state index contributed by atoms with van der Waals surface area (Å²) in [5.74, 6) is -0.302. The van der Waals surface area contributed by atoms with Crippen molar-refractivity contribution in [2.45, 2.75) is 13.5 Å². The van der Waals surface area contributed by atoms with E-state index in [2.05, 4.69) is 10.5 Å². The van der Waals surface area contributed by atoms with Gasteiger partial charge in [0, 0.05) is 11.8 Å². The molecule has 0 bridgehead atoms. The summed E-state index contributed by atoms with van der Waals surface area (Å²) in [4.78, 5) is 11.8. The van der Waals surface area contributed by atoms with Crippen molar-refractivity contribution in [2.24, 2.45) is 0 Å². The van der Waals surface area contributed by atoms with E-state index in [4.69, 9.17) is 10.3 Å². The molecular weight excluding hydrogens is 237 g/mol. The number of hydrogen-bond acceptors (Lipinski definition) is 4. The Morgan fingerprint density at radius 3 is 2.94 bits per heavy atom. The molecule has 2 rings (SSSR count). The zero-order valence-electron chi connectivity index (χ0n) is 9.74. The number of carbonyl (C=O) groups is 1. The second kappa shape index (κ2) is 4.87. The summed E-state index contributed by atoms with van der Waals surface area (Å²) >= 11 is 0. The van der Waals surface area contributed by atoms with Crippen molar-refractivity contribution in [3.63, 3.8) is 0 Å². The van der Waals surface area contributed by atoms with E-state index in [9.17, 15) is 9.18 Å². The van der Waals surface area contributed by atoms with Crippen LogP contribution in [0.2, 0.25) is 0 Å². The fraction of sp³-hybridized carbons (Fsp3) is 0.167. The largest absolute Gasteiger partial charge is 0.398 e. The number of aryl methyl sites for hydroxylation is 1. The molecule has 18 heavy (non-hydrogen) atoms. The van der Waals surface area contributed by atoms with Crippen molar-refractivity contribution in [3.8, 4) is 0 Å². The monoisotopic (exact) mass is 249 g/mol. The Labute approximate surface area is 103 Å². The molecular formula is C12H12FN3O2. The lowest BCUT2D eigenvalue weighted by atomic mass is 10.1. The van der Waals surface area contributed by atoms with Crippen LogP contribution < -0.4 is 11.1 Å². The first kappa shape index (κ1) is 12.1. The van der Waals surface area contributed by atoms with Crippen LogP contribution in [0.4, 0.5) is 10.1 Å². The van der Waals surface area contributed by atoms with Gasteiger partial charge in [-0.1, -0.05) is 5.16 Å². The van der Waals surface area contributed by atoms with Gasteiger partial charge in [-0.05, 0) is 25.1 Å². The molecule has 1 aromatic carbocycles. The van der Waals surface area contributed by atoms with Gasteiger partial charge in [-0.2, -0.15) is 0 Å². The molecule has 1 aromatic heterocycles. The number of rotatable bonds is 3. The molecule has 2 aromatic rings. The fourth-order valence-electron chi connectivity index (χ4n) is 1.49. The van der Waals surface area contributed by atoms with Crippen LogP contribution in [-0.4, -0.2) is 11.1 Å². The average Bonchev–Trinajstić information content (AvgIpc) is 2.75. The summed E-state index contributed by atoms with van der Waals surface area (Å²) in [6.07, 6.45) is 0. The fourth-order valence-corrected chi connectivity index (χ4v) is 1.49. The summed E-state index contributed by atoms with van der Waals surface area (Å²) < 4.78 is 17.9. The lowest BCUT2D eigenvalue weighted by Crippen LogP contribution is -2.24. The predicted molar refractivity (Wildman–Crippen MR) is 63.2 cm³/mol. The van der Waals surface area contributed by atoms with E-state index in [1.807, 2.05) is 0 Å². The number of halogens is 1. The van der Waals surface area contributed by atoms with E-state index in [0.717, 1.165) is 6.07 Å². The maximum absolute atomic E-state index is 13.0. The van der Waals surface area contributed by atoms with Crippen molar-refractivity contribution in [3.05, 3.63) is 47.1 Å². The number of nitrogens with zero attached hydrogens (tertiary/aromatic N) is 1. The molecule has 1 heterocycles. The number of carbonyl (C=O) groups excluding carboxylic acids is 1. The van der Waals surface area contributed by atoms with Crippen molar-refractivity contribution in [1.29, 1.82) is 0 Å². The van der Waals surface area contributed by atoms with Gasteiger partial charge in [0.2, 0.25) is 0 Å². The van der Waals surface area contributed by atoms with Gasteiger partial charge >= 0.3 is 0 Å². The number of hydrogen-bond donors (Lipinski definition) is 2. The van der Waals surface area contributed by atoms with E-state index in [-0.39, 0.29) is 17.8 Å². The first-order chi connectivity index (χ1) is 8.56. The van der Waals surface area contributed by atoms with Crippen molar-refractivity contribution in [1.82, 2.24) is 10.5 Å². The molecule has 0 aliphatic carbocycles. The molecule has 0 aliphatic heterocycles. The molecule has 0 saturated heterocycles. The summed E-state index contributed by atoms with van der Waals surface area (Å²) in [5, 5.41) is 6.31. The molecule has 3 N–H and O–H groups in total. The molecule has 0 spiro atoms. The zero-order valence-corrected chi connectivity index (χ0v) is 9.74. The average molecular weight is 249 g/mol. The van der Waals surface area contributed by atoms with Gasteiger partial charge in [0.25, 0.3) is 5.91 Å². The van der Waals surface area contributed by atoms with Crippen LogP contribution in [0.5, 0.6) is 0 Å². The lowest BCUT2D eigenvalue weighted by molar-refractivity contribution is 0.0950. The van der Waals surface area contributed by atoms with Crippen LogP contribution in [0.15, 0.2) is 28.8 Å². The molecule has 0 saturated carbocycles. The quantitative estimate of drug-likeness (QED) is 0.810. The minimum atomic E-state index is -0.508. The standard InChI is InChI=1S/C12H12FN3O2/c1-7-4-9(16-18-7)6-15-12(17)10-5-8(13)2-3-11(10)14/h2-5H,6,14H2,1H3,(H,15,17). The highest BCUT2D eigenvalue weighted by molar-refractivity contribution is 5.99. The number of nitrogens with two attached hydrogens (primary N) is 1. The number of amides is 1. The van der Waals surface area contributed by atoms with Gasteiger partial charge in [0.1, 0.15) is 17.3 Å². The van der Waals surface area contributed by atoms with Crippen LogP contribution in [0.1, 0.15) is 21.8 Å². The molecule has 6 heteroatoms. The van der Waals surface area contributed by atoms with Crippen LogP contribution in [0, 0.1) is 12.7 Å². The third-order valence-corrected chi connectivity index (χ3v) is 2.37. The molecule has 0 radical (unpaired) electrons. The van der Waals surface area contributed by atoms with E-state index in [1.165, 1.54) is 12.1 Å². The molecule has 94 valence electrons. The van der Waals surface area contributed by atoms with Crippen molar-refractivity contribution < 1.29 is 13.7 Å². The second-order valence-electron chi connectivity index (χ2n) is 3.84. The normalized spacial score (nSPS) is 10.3. The zero-order chi connectivity index (χ0) is 13.1. The van der Waals surface area contributed by atoms with Crippen LogP contribution >= 0.6 is 0 Å². The smallest absolute Gasteiger partial charge is 0.253 e. The van der Waals surface area contributed by atoms with Gasteiger partial charge in [0.05, 0.1) is 12.1 Å². The second-order valence-corrected chi connectivity index (χ2v) is 3.84. The third kappa shape index (κ3) is 2.65.